The Balaban J connectivity index is 2.24. The highest BCUT2D eigenvalue weighted by Gasteiger charge is 2.25. The van der Waals surface area contributed by atoms with Crippen LogP contribution in [0.2, 0.25) is 0 Å². The van der Waals surface area contributed by atoms with E-state index in [9.17, 15) is 21.6 Å². The number of rotatable bonds is 7. The van der Waals surface area contributed by atoms with Crippen molar-refractivity contribution in [2.75, 3.05) is 20.6 Å². The fourth-order valence-electron chi connectivity index (χ4n) is 2.56. The maximum atomic E-state index is 13.8. The molecule has 0 aliphatic heterocycles. The molecular weight excluding hydrogens is 365 g/mol. The first-order chi connectivity index (χ1) is 12.2. The van der Waals surface area contributed by atoms with Gasteiger partial charge in [-0.3, -0.25) is 0 Å². The van der Waals surface area contributed by atoms with Crippen LogP contribution >= 0.6 is 0 Å². The summed E-state index contributed by atoms with van der Waals surface area (Å²) in [5.74, 6) is -4.98. The lowest BCUT2D eigenvalue weighted by Crippen LogP contribution is -2.35. The van der Waals surface area contributed by atoms with E-state index in [0.717, 1.165) is 17.5 Å². The lowest BCUT2D eigenvalue weighted by atomic mass is 10.0. The van der Waals surface area contributed by atoms with Crippen molar-refractivity contribution in [3.05, 3.63) is 65.0 Å². The molecule has 0 heterocycles. The lowest BCUT2D eigenvalue weighted by molar-refractivity contribution is 0.299. The predicted molar refractivity (Wildman–Crippen MR) is 93.8 cm³/mol. The molecule has 0 saturated carbocycles. The standard InChI is InChI=1S/C18H21F3N2O2S/c1-4-12-5-7-13(8-6-12)15(23(2)3)11-22-26(24,25)16-10-9-14(19)17(20)18(16)21/h5-10,15,22H,4,11H2,1-3H3. The summed E-state index contributed by atoms with van der Waals surface area (Å²) in [6.45, 7) is 1.97. The lowest BCUT2D eigenvalue weighted by Gasteiger charge is -2.25. The first kappa shape index (κ1) is 20.4. The third kappa shape index (κ3) is 4.44. The van der Waals surface area contributed by atoms with Gasteiger partial charge in [0.25, 0.3) is 0 Å². The van der Waals surface area contributed by atoms with Crippen LogP contribution < -0.4 is 4.72 Å². The summed E-state index contributed by atoms with van der Waals surface area (Å²) in [5, 5.41) is 0. The Labute approximate surface area is 151 Å². The molecular formula is C18H21F3N2O2S. The minimum absolute atomic E-state index is 0.0563. The number of nitrogens with one attached hydrogen (secondary N) is 1. The topological polar surface area (TPSA) is 49.4 Å². The predicted octanol–water partition coefficient (Wildman–Crippen LogP) is 3.25. The second-order valence-corrected chi connectivity index (χ2v) is 7.84. The quantitative estimate of drug-likeness (QED) is 0.744. The van der Waals surface area contributed by atoms with E-state index in [2.05, 4.69) is 4.72 Å². The largest absolute Gasteiger partial charge is 0.301 e. The number of hydrogen-bond acceptors (Lipinski definition) is 3. The van der Waals surface area contributed by atoms with E-state index >= 15 is 0 Å². The summed E-state index contributed by atoms with van der Waals surface area (Å²) in [7, 11) is -0.773. The van der Waals surface area contributed by atoms with Crippen LogP contribution in [0.3, 0.4) is 0 Å². The molecule has 0 saturated heterocycles. The van der Waals surface area contributed by atoms with E-state index in [0.29, 0.717) is 12.1 Å². The number of halogens is 3. The number of benzene rings is 2. The van der Waals surface area contributed by atoms with Crippen LogP contribution in [0.15, 0.2) is 41.3 Å². The zero-order valence-corrected chi connectivity index (χ0v) is 15.6. The van der Waals surface area contributed by atoms with Gasteiger partial charge < -0.3 is 4.90 Å². The molecule has 8 heteroatoms. The van der Waals surface area contributed by atoms with Gasteiger partial charge in [0.1, 0.15) is 4.90 Å². The minimum Gasteiger partial charge on any atom is -0.301 e. The van der Waals surface area contributed by atoms with Crippen LogP contribution in [0.25, 0.3) is 0 Å². The normalized spacial score (nSPS) is 13.2. The van der Waals surface area contributed by atoms with Crippen LogP contribution in [0.1, 0.15) is 24.1 Å². The van der Waals surface area contributed by atoms with Crippen LogP contribution in [0.4, 0.5) is 13.2 Å². The van der Waals surface area contributed by atoms with Gasteiger partial charge in [0, 0.05) is 12.6 Å². The smallest absolute Gasteiger partial charge is 0.243 e. The van der Waals surface area contributed by atoms with Crippen molar-refractivity contribution in [2.24, 2.45) is 0 Å². The first-order valence-corrected chi connectivity index (χ1v) is 9.54. The van der Waals surface area contributed by atoms with Gasteiger partial charge in [-0.15, -0.1) is 0 Å². The Morgan fingerprint density at radius 2 is 1.62 bits per heavy atom. The monoisotopic (exact) mass is 386 g/mol. The summed E-state index contributed by atoms with van der Waals surface area (Å²) in [6, 6.07) is 8.68. The van der Waals surface area contributed by atoms with Gasteiger partial charge in [0.15, 0.2) is 17.5 Å². The van der Waals surface area contributed by atoms with Gasteiger partial charge in [-0.05, 0) is 43.8 Å². The molecule has 142 valence electrons. The van der Waals surface area contributed by atoms with E-state index in [1.807, 2.05) is 36.1 Å². The highest BCUT2D eigenvalue weighted by atomic mass is 32.2. The SMILES string of the molecule is CCc1ccc(C(CNS(=O)(=O)c2ccc(F)c(F)c2F)N(C)C)cc1. The third-order valence-corrected chi connectivity index (χ3v) is 5.59. The summed E-state index contributed by atoms with van der Waals surface area (Å²) in [5.41, 5.74) is 2.02. The molecule has 1 atom stereocenters. The maximum Gasteiger partial charge on any atom is 0.243 e. The molecule has 26 heavy (non-hydrogen) atoms. The molecule has 0 spiro atoms. The van der Waals surface area contributed by atoms with Gasteiger partial charge in [0.05, 0.1) is 0 Å². The molecule has 0 aromatic heterocycles. The fourth-order valence-corrected chi connectivity index (χ4v) is 3.66. The molecule has 1 unspecified atom stereocenters. The summed E-state index contributed by atoms with van der Waals surface area (Å²) < 4.78 is 67.1. The highest BCUT2D eigenvalue weighted by Crippen LogP contribution is 2.22. The van der Waals surface area contributed by atoms with Crippen LogP contribution in [0, 0.1) is 17.5 Å². The van der Waals surface area contributed by atoms with Crippen molar-refractivity contribution in [1.29, 1.82) is 0 Å². The molecule has 0 aliphatic rings. The molecule has 1 N–H and O–H groups in total. The molecule has 2 aromatic carbocycles. The summed E-state index contributed by atoms with van der Waals surface area (Å²) >= 11 is 0. The van der Waals surface area contributed by atoms with Gasteiger partial charge in [-0.25, -0.2) is 26.3 Å². The summed E-state index contributed by atoms with van der Waals surface area (Å²) in [4.78, 5) is 0.890. The van der Waals surface area contributed by atoms with E-state index in [-0.39, 0.29) is 12.6 Å². The molecule has 0 amide bonds. The Hall–Kier alpha value is -1.90. The maximum absolute atomic E-state index is 13.8. The zero-order valence-electron chi connectivity index (χ0n) is 14.8. The van der Waals surface area contributed by atoms with Gasteiger partial charge >= 0.3 is 0 Å². The van der Waals surface area contributed by atoms with Crippen molar-refractivity contribution in [2.45, 2.75) is 24.3 Å². The Morgan fingerprint density at radius 3 is 2.15 bits per heavy atom. The average Bonchev–Trinajstić information content (AvgIpc) is 2.59. The molecule has 0 aliphatic carbocycles. The van der Waals surface area contributed by atoms with E-state index in [4.69, 9.17) is 0 Å². The first-order valence-electron chi connectivity index (χ1n) is 8.05. The second kappa shape index (κ2) is 8.20. The second-order valence-electron chi connectivity index (χ2n) is 6.10. The minimum atomic E-state index is -4.34. The van der Waals surface area contributed by atoms with Gasteiger partial charge in [-0.2, -0.15) is 0 Å². The number of likely N-dealkylation sites (N-methyl/N-ethyl adjacent to an activating group) is 1. The van der Waals surface area contributed by atoms with Crippen molar-refractivity contribution < 1.29 is 21.6 Å². The Kier molecular flexibility index (Phi) is 6.44. The molecule has 2 aromatic rings. The molecule has 0 bridgehead atoms. The van der Waals surface area contributed by atoms with Crippen molar-refractivity contribution >= 4 is 10.0 Å². The van der Waals surface area contributed by atoms with E-state index in [1.165, 1.54) is 0 Å². The van der Waals surface area contributed by atoms with Crippen molar-refractivity contribution in [1.82, 2.24) is 9.62 Å². The van der Waals surface area contributed by atoms with Gasteiger partial charge in [-0.1, -0.05) is 31.2 Å². The van der Waals surface area contributed by atoms with Crippen LogP contribution in [-0.4, -0.2) is 34.0 Å². The number of nitrogens with zero attached hydrogens (tertiary/aromatic N) is 1. The van der Waals surface area contributed by atoms with Crippen molar-refractivity contribution in [3.8, 4) is 0 Å². The Bertz CT molecular complexity index is 869. The molecule has 0 fully saturated rings. The zero-order chi connectivity index (χ0) is 19.5. The molecule has 4 nitrogen and oxygen atoms in total. The number of sulfonamides is 1. The summed E-state index contributed by atoms with van der Waals surface area (Å²) in [6.07, 6.45) is 0.884. The van der Waals surface area contributed by atoms with Crippen LogP contribution in [0.5, 0.6) is 0 Å². The van der Waals surface area contributed by atoms with Gasteiger partial charge in [0.2, 0.25) is 10.0 Å². The highest BCUT2D eigenvalue weighted by molar-refractivity contribution is 7.89. The average molecular weight is 386 g/mol. The molecule has 2 rings (SSSR count). The number of hydrogen-bond donors (Lipinski definition) is 1. The number of aryl methyl sites for hydroxylation is 1. The van der Waals surface area contributed by atoms with Crippen LogP contribution in [-0.2, 0) is 16.4 Å². The molecule has 0 radical (unpaired) electrons. The van der Waals surface area contributed by atoms with E-state index < -0.39 is 32.4 Å². The fraction of sp³-hybridized carbons (Fsp3) is 0.333. The Morgan fingerprint density at radius 1 is 1.00 bits per heavy atom. The van der Waals surface area contributed by atoms with E-state index in [1.54, 1.807) is 14.1 Å². The third-order valence-electron chi connectivity index (χ3n) is 4.15. The van der Waals surface area contributed by atoms with Crippen molar-refractivity contribution in [3.63, 3.8) is 0 Å².